The summed E-state index contributed by atoms with van der Waals surface area (Å²) >= 11 is 6.08. The predicted molar refractivity (Wildman–Crippen MR) is 163 cm³/mol. The van der Waals surface area contributed by atoms with Crippen LogP contribution in [-0.2, 0) is 26.2 Å². The fourth-order valence-corrected chi connectivity index (χ4v) is 6.56. The van der Waals surface area contributed by atoms with Gasteiger partial charge in [0.2, 0.25) is 11.8 Å². The molecule has 1 N–H and O–H groups in total. The minimum atomic E-state index is -4.09. The molecule has 3 aromatic rings. The van der Waals surface area contributed by atoms with E-state index in [1.807, 2.05) is 26.0 Å². The number of hydrogen-bond donors (Lipinski definition) is 1. The monoisotopic (exact) mass is 595 g/mol. The average molecular weight is 596 g/mol. The Labute approximate surface area is 248 Å². The van der Waals surface area contributed by atoms with E-state index in [0.717, 1.165) is 53.1 Å². The van der Waals surface area contributed by atoms with Gasteiger partial charge in [-0.2, -0.15) is 0 Å². The van der Waals surface area contributed by atoms with Crippen molar-refractivity contribution in [1.29, 1.82) is 0 Å². The molecular weight excluding hydrogens is 558 g/mol. The minimum Gasteiger partial charge on any atom is -0.352 e. The third kappa shape index (κ3) is 7.89. The van der Waals surface area contributed by atoms with Crippen molar-refractivity contribution in [3.8, 4) is 0 Å². The molecule has 4 rings (SSSR count). The Balaban J connectivity index is 1.66. The predicted octanol–water partition coefficient (Wildman–Crippen LogP) is 6.02. The zero-order valence-electron chi connectivity index (χ0n) is 23.8. The summed E-state index contributed by atoms with van der Waals surface area (Å²) in [4.78, 5) is 29.0. The van der Waals surface area contributed by atoms with E-state index in [4.69, 9.17) is 11.6 Å². The first-order chi connectivity index (χ1) is 19.5. The quantitative estimate of drug-likeness (QED) is 0.311. The molecule has 0 saturated heterocycles. The number of aryl methyl sites for hydroxylation is 2. The van der Waals surface area contributed by atoms with E-state index >= 15 is 0 Å². The first kappa shape index (κ1) is 30.6. The SMILES string of the molecule is Cc1ccc(N(CC(=O)N(Cc2ccc(Cl)cc2)[C@H](C)C(=O)NC2CCCCC2)S(=O)(=O)c2ccc(C)cc2)cc1. The van der Waals surface area contributed by atoms with Gasteiger partial charge in [0, 0.05) is 17.6 Å². The summed E-state index contributed by atoms with van der Waals surface area (Å²) in [6.07, 6.45) is 5.12. The fraction of sp³-hybridized carbons (Fsp3) is 0.375. The van der Waals surface area contributed by atoms with Crippen molar-refractivity contribution < 1.29 is 18.0 Å². The molecule has 0 heterocycles. The van der Waals surface area contributed by atoms with Crippen LogP contribution in [0.2, 0.25) is 5.02 Å². The lowest BCUT2D eigenvalue weighted by molar-refractivity contribution is -0.139. The molecule has 1 aliphatic carbocycles. The molecule has 0 aromatic heterocycles. The third-order valence-corrected chi connectivity index (χ3v) is 9.63. The molecular formula is C32H38ClN3O4S. The van der Waals surface area contributed by atoms with Gasteiger partial charge in [-0.15, -0.1) is 0 Å². The standard InChI is InChI=1S/C32H38ClN3O4S/c1-23-9-17-29(18-10-23)36(41(39,40)30-19-11-24(2)12-20-30)22-31(37)35(21-26-13-15-27(33)16-14-26)25(3)32(38)34-28-7-5-4-6-8-28/h9-20,25,28H,4-8,21-22H2,1-3H3,(H,34,38)/t25-/m1/s1. The van der Waals surface area contributed by atoms with Crippen LogP contribution < -0.4 is 9.62 Å². The van der Waals surface area contributed by atoms with Gasteiger partial charge in [-0.05, 0) is 75.6 Å². The summed E-state index contributed by atoms with van der Waals surface area (Å²) in [5, 5.41) is 3.68. The maximum absolute atomic E-state index is 14.0. The molecule has 1 aliphatic rings. The third-order valence-electron chi connectivity index (χ3n) is 7.59. The number of nitrogens with zero attached hydrogens (tertiary/aromatic N) is 2. The van der Waals surface area contributed by atoms with Crippen LogP contribution in [0.5, 0.6) is 0 Å². The highest BCUT2D eigenvalue weighted by Crippen LogP contribution is 2.26. The van der Waals surface area contributed by atoms with Crippen molar-refractivity contribution in [2.24, 2.45) is 0 Å². The molecule has 218 valence electrons. The van der Waals surface area contributed by atoms with Gasteiger partial charge < -0.3 is 10.2 Å². The van der Waals surface area contributed by atoms with Gasteiger partial charge in [-0.3, -0.25) is 13.9 Å². The molecule has 1 saturated carbocycles. The first-order valence-corrected chi connectivity index (χ1v) is 15.9. The summed E-state index contributed by atoms with van der Waals surface area (Å²) in [6.45, 7) is 5.15. The molecule has 0 aliphatic heterocycles. The summed E-state index contributed by atoms with van der Waals surface area (Å²) in [5.74, 6) is -0.731. The second-order valence-electron chi connectivity index (χ2n) is 10.8. The number of carbonyl (C=O) groups is 2. The first-order valence-electron chi connectivity index (χ1n) is 14.0. The number of carbonyl (C=O) groups excluding carboxylic acids is 2. The Bertz CT molecular complexity index is 1440. The van der Waals surface area contributed by atoms with E-state index in [1.54, 1.807) is 67.6 Å². The van der Waals surface area contributed by atoms with E-state index < -0.39 is 28.5 Å². The molecule has 9 heteroatoms. The average Bonchev–Trinajstić information content (AvgIpc) is 2.96. The molecule has 3 aromatic carbocycles. The van der Waals surface area contributed by atoms with E-state index in [2.05, 4.69) is 5.32 Å². The maximum Gasteiger partial charge on any atom is 0.264 e. The molecule has 0 spiro atoms. The maximum atomic E-state index is 14.0. The van der Waals surface area contributed by atoms with Crippen molar-refractivity contribution in [2.75, 3.05) is 10.8 Å². The Morgan fingerprint density at radius 3 is 2.02 bits per heavy atom. The zero-order chi connectivity index (χ0) is 29.6. The van der Waals surface area contributed by atoms with Gasteiger partial charge in [0.1, 0.15) is 12.6 Å². The number of halogens is 1. The summed E-state index contributed by atoms with van der Waals surface area (Å²) in [7, 11) is -4.09. The highest BCUT2D eigenvalue weighted by atomic mass is 35.5. The van der Waals surface area contributed by atoms with Crippen LogP contribution in [0.1, 0.15) is 55.7 Å². The highest BCUT2D eigenvalue weighted by Gasteiger charge is 2.33. The van der Waals surface area contributed by atoms with Crippen molar-refractivity contribution in [2.45, 2.75) is 76.4 Å². The molecule has 1 atom stereocenters. The van der Waals surface area contributed by atoms with Gasteiger partial charge in [0.25, 0.3) is 10.0 Å². The van der Waals surface area contributed by atoms with Gasteiger partial charge in [-0.25, -0.2) is 8.42 Å². The number of rotatable bonds is 10. The van der Waals surface area contributed by atoms with Crippen LogP contribution in [0.15, 0.2) is 77.7 Å². The van der Waals surface area contributed by atoms with Gasteiger partial charge in [0.05, 0.1) is 10.6 Å². The molecule has 0 unspecified atom stereocenters. The molecule has 0 bridgehead atoms. The largest absolute Gasteiger partial charge is 0.352 e. The lowest BCUT2D eigenvalue weighted by Gasteiger charge is -2.33. The van der Waals surface area contributed by atoms with E-state index in [0.29, 0.717) is 10.7 Å². The van der Waals surface area contributed by atoms with Crippen LogP contribution in [0, 0.1) is 13.8 Å². The topological polar surface area (TPSA) is 86.8 Å². The van der Waals surface area contributed by atoms with Crippen molar-refractivity contribution in [1.82, 2.24) is 10.2 Å². The Hall–Kier alpha value is -3.36. The molecule has 7 nitrogen and oxygen atoms in total. The van der Waals surface area contributed by atoms with Crippen molar-refractivity contribution in [3.05, 3.63) is 94.5 Å². The molecule has 41 heavy (non-hydrogen) atoms. The second-order valence-corrected chi connectivity index (χ2v) is 13.1. The van der Waals surface area contributed by atoms with Crippen LogP contribution in [0.25, 0.3) is 0 Å². The second kappa shape index (κ2) is 13.5. The fourth-order valence-electron chi connectivity index (χ4n) is 5.02. The molecule has 2 amide bonds. The number of anilines is 1. The highest BCUT2D eigenvalue weighted by molar-refractivity contribution is 7.92. The van der Waals surface area contributed by atoms with Crippen molar-refractivity contribution in [3.63, 3.8) is 0 Å². The lowest BCUT2D eigenvalue weighted by atomic mass is 9.95. The van der Waals surface area contributed by atoms with Crippen LogP contribution in [0.3, 0.4) is 0 Å². The Morgan fingerprint density at radius 2 is 1.44 bits per heavy atom. The van der Waals surface area contributed by atoms with Crippen molar-refractivity contribution >= 4 is 39.1 Å². The zero-order valence-corrected chi connectivity index (χ0v) is 25.4. The molecule has 0 radical (unpaired) electrons. The summed E-state index contributed by atoms with van der Waals surface area (Å²) in [5.41, 5.74) is 3.04. The minimum absolute atomic E-state index is 0.0807. The number of hydrogen-bond acceptors (Lipinski definition) is 4. The number of nitrogens with one attached hydrogen (secondary N) is 1. The number of sulfonamides is 1. The van der Waals surface area contributed by atoms with E-state index in [9.17, 15) is 18.0 Å². The van der Waals surface area contributed by atoms with Crippen LogP contribution in [-0.4, -0.2) is 43.8 Å². The van der Waals surface area contributed by atoms with E-state index in [1.165, 1.54) is 4.90 Å². The number of benzene rings is 3. The number of amides is 2. The van der Waals surface area contributed by atoms with Gasteiger partial charge in [0.15, 0.2) is 0 Å². The molecule has 1 fully saturated rings. The normalized spacial score (nSPS) is 14.7. The van der Waals surface area contributed by atoms with Crippen LogP contribution >= 0.6 is 11.6 Å². The summed E-state index contributed by atoms with van der Waals surface area (Å²) in [6, 6.07) is 19.9. The van der Waals surface area contributed by atoms with Gasteiger partial charge in [-0.1, -0.05) is 78.4 Å². The van der Waals surface area contributed by atoms with Gasteiger partial charge >= 0.3 is 0 Å². The van der Waals surface area contributed by atoms with Crippen LogP contribution in [0.4, 0.5) is 5.69 Å². The smallest absolute Gasteiger partial charge is 0.264 e. The lowest BCUT2D eigenvalue weighted by Crippen LogP contribution is -2.53. The Morgan fingerprint density at radius 1 is 0.878 bits per heavy atom. The summed E-state index contributed by atoms with van der Waals surface area (Å²) < 4.78 is 28.9. The van der Waals surface area contributed by atoms with E-state index in [-0.39, 0.29) is 23.4 Å². The Kier molecular flexibility index (Phi) is 10.1.